The van der Waals surface area contributed by atoms with E-state index in [-0.39, 0.29) is 35.0 Å². The van der Waals surface area contributed by atoms with Crippen LogP contribution < -0.4 is 28.1 Å². The number of nitrogen functional groups attached to an aromatic ring is 1. The van der Waals surface area contributed by atoms with Gasteiger partial charge in [0.05, 0.1) is 6.33 Å². The summed E-state index contributed by atoms with van der Waals surface area (Å²) < 4.78 is 0. The van der Waals surface area contributed by atoms with Crippen LogP contribution in [0.25, 0.3) is 11.2 Å². The zero-order valence-electron chi connectivity index (χ0n) is 14.6. The van der Waals surface area contributed by atoms with Gasteiger partial charge in [0, 0.05) is 12.3 Å². The van der Waals surface area contributed by atoms with E-state index in [0.29, 0.717) is 5.65 Å². The van der Waals surface area contributed by atoms with Crippen LogP contribution in [0.2, 0.25) is 0 Å². The molecular formula is C14H17N11O3. The van der Waals surface area contributed by atoms with Gasteiger partial charge in [-0.25, -0.2) is 20.0 Å². The largest absolute Gasteiger partial charge is 0.369 e. The third-order valence-electron chi connectivity index (χ3n) is 3.84. The zero-order chi connectivity index (χ0) is 20.5. The molecule has 28 heavy (non-hydrogen) atoms. The average molecular weight is 387 g/mol. The number of rotatable bonds is 3. The Morgan fingerprint density at radius 2 is 2.11 bits per heavy atom. The molecule has 146 valence electrons. The molecule has 0 aromatic carbocycles. The molecule has 9 N–H and O–H groups in total. The van der Waals surface area contributed by atoms with Gasteiger partial charge >= 0.3 is 0 Å². The van der Waals surface area contributed by atoms with Gasteiger partial charge < -0.3 is 21.8 Å². The smallest absolute Gasteiger partial charge is 0.280 e. The summed E-state index contributed by atoms with van der Waals surface area (Å²) in [5.41, 5.74) is 16.8. The van der Waals surface area contributed by atoms with Gasteiger partial charge in [0.15, 0.2) is 28.5 Å². The molecule has 0 spiro atoms. The number of hydrogen-bond donors (Lipinski definition) is 6. The minimum atomic E-state index is -1.36. The Hall–Kier alpha value is -3.94. The first-order valence-electron chi connectivity index (χ1n) is 7.98. The van der Waals surface area contributed by atoms with Gasteiger partial charge in [0.1, 0.15) is 6.34 Å². The van der Waals surface area contributed by atoms with E-state index in [2.05, 4.69) is 40.2 Å². The van der Waals surface area contributed by atoms with E-state index in [1.807, 2.05) is 0 Å². The number of hydrogen-bond acceptors (Lipinski definition) is 10. The summed E-state index contributed by atoms with van der Waals surface area (Å²) in [6, 6.07) is 0. The first kappa shape index (κ1) is 18.8. The van der Waals surface area contributed by atoms with Gasteiger partial charge in [-0.05, 0) is 0 Å². The van der Waals surface area contributed by atoms with Crippen molar-refractivity contribution in [2.24, 2.45) is 32.4 Å². The fourth-order valence-corrected chi connectivity index (χ4v) is 2.50. The molecule has 2 unspecified atom stereocenters. The minimum absolute atomic E-state index is 0.0896. The number of aliphatic imine (C=N–C) groups is 3. The minimum Gasteiger partial charge on any atom is -0.369 e. The summed E-state index contributed by atoms with van der Waals surface area (Å²) >= 11 is 0. The number of nitrogens with one attached hydrogen (secondary N) is 3. The predicted octanol–water partition coefficient (Wildman–Crippen LogP) is -2.65. The lowest BCUT2D eigenvalue weighted by molar-refractivity contribution is -0.123. The quantitative estimate of drug-likeness (QED) is 0.326. The van der Waals surface area contributed by atoms with Crippen molar-refractivity contribution in [1.82, 2.24) is 25.3 Å². The molecule has 2 aliphatic heterocycles. The van der Waals surface area contributed by atoms with Crippen LogP contribution in [0.15, 0.2) is 26.1 Å². The number of carbonyl (C=O) groups is 2. The van der Waals surface area contributed by atoms with Gasteiger partial charge in [0.2, 0.25) is 11.9 Å². The fourth-order valence-electron chi connectivity index (χ4n) is 2.50. The van der Waals surface area contributed by atoms with E-state index in [9.17, 15) is 14.4 Å². The summed E-state index contributed by atoms with van der Waals surface area (Å²) in [5, 5.41) is 2.48. The highest BCUT2D eigenvalue weighted by Crippen LogP contribution is 2.18. The van der Waals surface area contributed by atoms with E-state index in [4.69, 9.17) is 17.2 Å². The van der Waals surface area contributed by atoms with Crippen molar-refractivity contribution in [2.45, 2.75) is 19.1 Å². The Labute approximate surface area is 156 Å². The van der Waals surface area contributed by atoms with Gasteiger partial charge in [0.25, 0.3) is 11.5 Å². The standard InChI is InChI=1S/C9H12N6O2.C5H5N5O/c1-4(6(10)16)2-9(11)14-7-5(8(17)15-9)12-3-13-7;6-5-9-3-2(4(11)10-5)7-1-8-3/h3-4H,2,11H2,1H3,(H2,10,16)(H,15,17);1H,(H4,6,7,8,9,10,11). The summed E-state index contributed by atoms with van der Waals surface area (Å²) in [5.74, 6) is -2.54. The molecule has 2 amide bonds. The number of aromatic amines is 2. The second-order valence-electron chi connectivity index (χ2n) is 6.09. The zero-order valence-corrected chi connectivity index (χ0v) is 14.6. The SMILES string of the molecule is CC(CC1(N)N=C2N=CN=C2C(=O)N1)C(N)=O.Nc1nc2[nH]cnc2c(=O)[nH]1. The van der Waals surface area contributed by atoms with Crippen molar-refractivity contribution in [3.8, 4) is 0 Å². The van der Waals surface area contributed by atoms with Crippen LogP contribution in [0, 0.1) is 5.92 Å². The lowest BCUT2D eigenvalue weighted by atomic mass is 10.0. The molecule has 0 fully saturated rings. The van der Waals surface area contributed by atoms with Crippen molar-refractivity contribution in [3.05, 3.63) is 16.7 Å². The molecule has 4 rings (SSSR count). The molecule has 14 nitrogen and oxygen atoms in total. The molecule has 2 aromatic rings. The third-order valence-corrected chi connectivity index (χ3v) is 3.84. The molecule has 0 aliphatic carbocycles. The Bertz CT molecular complexity index is 1100. The normalized spacial score (nSPS) is 21.1. The van der Waals surface area contributed by atoms with Gasteiger partial charge in [-0.15, -0.1) is 0 Å². The Balaban J connectivity index is 0.000000176. The highest BCUT2D eigenvalue weighted by atomic mass is 16.2. The van der Waals surface area contributed by atoms with Crippen LogP contribution in [0.1, 0.15) is 13.3 Å². The number of H-pyrrole nitrogens is 2. The number of fused-ring (bicyclic) bond motifs is 2. The van der Waals surface area contributed by atoms with E-state index < -0.39 is 23.5 Å². The number of aromatic nitrogens is 4. The van der Waals surface area contributed by atoms with Gasteiger partial charge in [-0.3, -0.25) is 25.1 Å². The monoisotopic (exact) mass is 387 g/mol. The average Bonchev–Trinajstić information content (AvgIpc) is 3.23. The third kappa shape index (κ3) is 3.75. The van der Waals surface area contributed by atoms with E-state index in [1.165, 1.54) is 12.7 Å². The lowest BCUT2D eigenvalue weighted by Gasteiger charge is -2.31. The van der Waals surface area contributed by atoms with Crippen LogP contribution in [0.5, 0.6) is 0 Å². The Kier molecular flexibility index (Phi) is 4.70. The van der Waals surface area contributed by atoms with E-state index in [1.54, 1.807) is 6.92 Å². The Morgan fingerprint density at radius 3 is 2.82 bits per heavy atom. The summed E-state index contributed by atoms with van der Waals surface area (Å²) in [4.78, 5) is 57.8. The second-order valence-corrected chi connectivity index (χ2v) is 6.09. The molecular weight excluding hydrogens is 370 g/mol. The van der Waals surface area contributed by atoms with Crippen molar-refractivity contribution < 1.29 is 9.59 Å². The van der Waals surface area contributed by atoms with Crippen molar-refractivity contribution in [1.29, 1.82) is 0 Å². The Morgan fingerprint density at radius 1 is 1.36 bits per heavy atom. The maximum Gasteiger partial charge on any atom is 0.280 e. The molecule has 2 aliphatic rings. The predicted molar refractivity (Wildman–Crippen MR) is 100 cm³/mol. The molecule has 4 heterocycles. The summed E-state index contributed by atoms with van der Waals surface area (Å²) in [6.07, 6.45) is 2.74. The first-order chi connectivity index (χ1) is 13.2. The molecule has 0 saturated carbocycles. The van der Waals surface area contributed by atoms with Crippen molar-refractivity contribution in [3.63, 3.8) is 0 Å². The number of primary amides is 1. The van der Waals surface area contributed by atoms with Crippen LogP contribution in [0.3, 0.4) is 0 Å². The number of imidazole rings is 1. The maximum absolute atomic E-state index is 11.6. The van der Waals surface area contributed by atoms with Crippen molar-refractivity contribution >= 4 is 46.8 Å². The van der Waals surface area contributed by atoms with E-state index in [0.717, 1.165) is 0 Å². The highest BCUT2D eigenvalue weighted by Gasteiger charge is 2.38. The molecule has 0 radical (unpaired) electrons. The fraction of sp³-hybridized carbons (Fsp3) is 0.286. The van der Waals surface area contributed by atoms with Crippen LogP contribution in [-0.2, 0) is 9.59 Å². The highest BCUT2D eigenvalue weighted by molar-refractivity contribution is 6.69. The number of anilines is 1. The molecule has 0 bridgehead atoms. The van der Waals surface area contributed by atoms with Gasteiger partial charge in [-0.2, -0.15) is 4.98 Å². The maximum atomic E-state index is 11.6. The number of nitrogens with zero attached hydrogens (tertiary/aromatic N) is 5. The summed E-state index contributed by atoms with van der Waals surface area (Å²) in [7, 11) is 0. The molecule has 2 atom stereocenters. The molecule has 14 heteroatoms. The number of carbonyl (C=O) groups excluding carboxylic acids is 2. The lowest BCUT2D eigenvalue weighted by Crippen LogP contribution is -2.61. The van der Waals surface area contributed by atoms with Crippen LogP contribution in [-0.4, -0.2) is 55.4 Å². The van der Waals surface area contributed by atoms with Crippen LogP contribution in [0.4, 0.5) is 5.95 Å². The number of amidine groups is 1. The number of nitrogens with two attached hydrogens (primary N) is 3. The molecule has 0 saturated heterocycles. The van der Waals surface area contributed by atoms with Gasteiger partial charge in [-0.1, -0.05) is 6.92 Å². The van der Waals surface area contributed by atoms with Crippen LogP contribution >= 0.6 is 0 Å². The second kappa shape index (κ2) is 6.99. The number of amides is 2. The topological polar surface area (TPSA) is 236 Å². The van der Waals surface area contributed by atoms with Crippen molar-refractivity contribution in [2.75, 3.05) is 5.73 Å². The molecule has 2 aromatic heterocycles. The van der Waals surface area contributed by atoms with E-state index >= 15 is 0 Å². The first-order valence-corrected chi connectivity index (χ1v) is 7.98. The summed E-state index contributed by atoms with van der Waals surface area (Å²) in [6.45, 7) is 1.62.